The summed E-state index contributed by atoms with van der Waals surface area (Å²) in [4.78, 5) is 4.21. The lowest BCUT2D eigenvalue weighted by molar-refractivity contribution is 0.485. The van der Waals surface area contributed by atoms with Crippen molar-refractivity contribution in [2.24, 2.45) is 0 Å². The smallest absolute Gasteiger partial charge is 0.192 e. The van der Waals surface area contributed by atoms with Gasteiger partial charge in [-0.1, -0.05) is 30.0 Å². The van der Waals surface area contributed by atoms with Crippen molar-refractivity contribution in [3.8, 4) is 23.1 Å². The molecule has 0 N–H and O–H groups in total. The van der Waals surface area contributed by atoms with Crippen LogP contribution in [0.3, 0.4) is 0 Å². The van der Waals surface area contributed by atoms with Crippen LogP contribution in [-0.2, 0) is 12.3 Å². The van der Waals surface area contributed by atoms with Crippen molar-refractivity contribution in [1.29, 1.82) is 5.26 Å². The monoisotopic (exact) mass is 453 g/mol. The van der Waals surface area contributed by atoms with E-state index in [4.69, 9.17) is 4.42 Å². The van der Waals surface area contributed by atoms with Gasteiger partial charge in [-0.15, -0.1) is 10.2 Å². The number of aromatic nitrogens is 6. The molecule has 0 atom stereocenters. The van der Waals surface area contributed by atoms with E-state index in [1.165, 1.54) is 11.8 Å². The van der Waals surface area contributed by atoms with Gasteiger partial charge in [0.25, 0.3) is 0 Å². The maximum Gasteiger partial charge on any atom is 0.192 e. The van der Waals surface area contributed by atoms with Crippen molar-refractivity contribution >= 4 is 11.8 Å². The van der Waals surface area contributed by atoms with Gasteiger partial charge in [0.1, 0.15) is 11.8 Å². The molecule has 0 aliphatic heterocycles. The molecule has 4 aromatic heterocycles. The Morgan fingerprint density at radius 3 is 2.67 bits per heavy atom. The highest BCUT2D eigenvalue weighted by Gasteiger charge is 2.20. The predicted octanol–water partition coefficient (Wildman–Crippen LogP) is 4.64. The highest BCUT2D eigenvalue weighted by atomic mass is 32.2. The van der Waals surface area contributed by atoms with Gasteiger partial charge in [0.05, 0.1) is 35.4 Å². The Bertz CT molecular complexity index is 1400. The molecule has 0 spiro atoms. The van der Waals surface area contributed by atoms with Crippen LogP contribution in [0.2, 0.25) is 0 Å². The van der Waals surface area contributed by atoms with E-state index >= 15 is 0 Å². The molecule has 0 aliphatic carbocycles. The van der Waals surface area contributed by atoms with Gasteiger partial charge in [0.15, 0.2) is 11.0 Å². The van der Waals surface area contributed by atoms with Crippen LogP contribution in [0, 0.1) is 18.3 Å². The molecule has 0 saturated heterocycles. The Morgan fingerprint density at radius 2 is 1.94 bits per heavy atom. The average molecular weight is 454 g/mol. The number of para-hydroxylation sites is 1. The van der Waals surface area contributed by atoms with Gasteiger partial charge in [-0.2, -0.15) is 10.4 Å². The van der Waals surface area contributed by atoms with Crippen LogP contribution < -0.4 is 0 Å². The minimum Gasteiger partial charge on any atom is -0.467 e. The summed E-state index contributed by atoms with van der Waals surface area (Å²) < 4.78 is 9.41. The van der Waals surface area contributed by atoms with Crippen LogP contribution in [0.1, 0.15) is 22.7 Å². The van der Waals surface area contributed by atoms with Crippen LogP contribution in [0.5, 0.6) is 0 Å². The average Bonchev–Trinajstić information content (AvgIpc) is 3.58. The molecule has 4 heterocycles. The largest absolute Gasteiger partial charge is 0.467 e. The Hall–Kier alpha value is -4.16. The van der Waals surface area contributed by atoms with Crippen LogP contribution in [0.15, 0.2) is 82.8 Å². The number of hydrogen-bond acceptors (Lipinski definition) is 7. The topological polar surface area (TPSA) is 98.3 Å². The molecule has 9 heteroatoms. The van der Waals surface area contributed by atoms with Crippen molar-refractivity contribution < 1.29 is 4.42 Å². The quantitative estimate of drug-likeness (QED) is 0.331. The zero-order chi connectivity index (χ0) is 22.6. The van der Waals surface area contributed by atoms with Gasteiger partial charge in [0.2, 0.25) is 0 Å². The Balaban J connectivity index is 1.51. The second-order valence-electron chi connectivity index (χ2n) is 7.27. The SMILES string of the molecule is Cc1nn(-c2ccccc2)c(CSc2nnc(-c3cccnc3)n2Cc2ccco2)c1C#N. The lowest BCUT2D eigenvalue weighted by atomic mass is 10.2. The van der Waals surface area contributed by atoms with E-state index in [9.17, 15) is 5.26 Å². The van der Waals surface area contributed by atoms with Crippen LogP contribution in [-0.4, -0.2) is 29.5 Å². The zero-order valence-corrected chi connectivity index (χ0v) is 18.6. The minimum absolute atomic E-state index is 0.481. The van der Waals surface area contributed by atoms with Gasteiger partial charge in [-0.3, -0.25) is 9.55 Å². The van der Waals surface area contributed by atoms with Gasteiger partial charge >= 0.3 is 0 Å². The molecule has 1 aromatic carbocycles. The molecule has 0 saturated carbocycles. The molecule has 162 valence electrons. The molecular formula is C24H19N7OS. The summed E-state index contributed by atoms with van der Waals surface area (Å²) in [5, 5.41) is 24.0. The molecule has 0 fully saturated rings. The summed E-state index contributed by atoms with van der Waals surface area (Å²) in [6.07, 6.45) is 5.14. The summed E-state index contributed by atoms with van der Waals surface area (Å²) >= 11 is 1.50. The van der Waals surface area contributed by atoms with Gasteiger partial charge in [-0.05, 0) is 43.3 Å². The molecule has 0 unspecified atom stereocenters. The lowest BCUT2D eigenvalue weighted by Gasteiger charge is -2.10. The first-order chi connectivity index (χ1) is 16.2. The molecule has 8 nitrogen and oxygen atoms in total. The van der Waals surface area contributed by atoms with Crippen LogP contribution >= 0.6 is 11.8 Å². The second kappa shape index (κ2) is 9.14. The second-order valence-corrected chi connectivity index (χ2v) is 8.21. The molecular weight excluding hydrogens is 434 g/mol. The summed E-state index contributed by atoms with van der Waals surface area (Å²) in [5.74, 6) is 2.00. The number of furan rings is 1. The predicted molar refractivity (Wildman–Crippen MR) is 124 cm³/mol. The number of hydrogen-bond donors (Lipinski definition) is 0. The van der Waals surface area contributed by atoms with Crippen molar-refractivity contribution in [2.45, 2.75) is 24.4 Å². The van der Waals surface area contributed by atoms with Crippen LogP contribution in [0.25, 0.3) is 17.1 Å². The highest BCUT2D eigenvalue weighted by Crippen LogP contribution is 2.29. The van der Waals surface area contributed by atoms with E-state index in [1.54, 1.807) is 18.7 Å². The molecule has 0 bridgehead atoms. The first kappa shape index (κ1) is 20.7. The van der Waals surface area contributed by atoms with Crippen LogP contribution in [0.4, 0.5) is 0 Å². The normalized spacial score (nSPS) is 10.9. The molecule has 33 heavy (non-hydrogen) atoms. The number of benzene rings is 1. The third-order valence-corrected chi connectivity index (χ3v) is 6.12. The maximum absolute atomic E-state index is 9.77. The van der Waals surface area contributed by atoms with E-state index < -0.39 is 0 Å². The Kier molecular flexibility index (Phi) is 5.74. The van der Waals surface area contributed by atoms with Gasteiger partial charge in [-0.25, -0.2) is 4.68 Å². The number of aryl methyl sites for hydroxylation is 1. The van der Waals surface area contributed by atoms with Gasteiger partial charge in [0, 0.05) is 23.7 Å². The third kappa shape index (κ3) is 4.16. The fraction of sp³-hybridized carbons (Fsp3) is 0.125. The standard InChI is InChI=1S/C24H19N7OS/c1-17-21(13-25)22(31(29-17)19-8-3-2-4-9-19)16-33-24-28-27-23(18-7-5-11-26-14-18)30(24)15-20-10-6-12-32-20/h2-12,14H,15-16H2,1H3. The van der Waals surface area contributed by atoms with E-state index in [1.807, 2.05) is 70.8 Å². The van der Waals surface area contributed by atoms with Crippen molar-refractivity contribution in [2.75, 3.05) is 0 Å². The number of thioether (sulfide) groups is 1. The Labute approximate surface area is 194 Å². The molecule has 0 aliphatic rings. The number of rotatable bonds is 7. The molecule has 5 rings (SSSR count). The van der Waals surface area contributed by atoms with Crippen molar-refractivity contribution in [3.63, 3.8) is 0 Å². The zero-order valence-electron chi connectivity index (χ0n) is 17.8. The fourth-order valence-electron chi connectivity index (χ4n) is 3.57. The Morgan fingerprint density at radius 1 is 1.06 bits per heavy atom. The first-order valence-corrected chi connectivity index (χ1v) is 11.3. The maximum atomic E-state index is 9.77. The highest BCUT2D eigenvalue weighted by molar-refractivity contribution is 7.98. The lowest BCUT2D eigenvalue weighted by Crippen LogP contribution is -2.05. The fourth-order valence-corrected chi connectivity index (χ4v) is 4.51. The summed E-state index contributed by atoms with van der Waals surface area (Å²) in [5.41, 5.74) is 3.87. The van der Waals surface area contributed by atoms with E-state index in [0.717, 1.165) is 22.7 Å². The summed E-state index contributed by atoms with van der Waals surface area (Å²) in [6.45, 7) is 2.33. The number of pyridine rings is 1. The minimum atomic E-state index is 0.481. The van der Waals surface area contributed by atoms with Crippen molar-refractivity contribution in [1.82, 2.24) is 29.5 Å². The van der Waals surface area contributed by atoms with E-state index in [0.29, 0.717) is 34.5 Å². The van der Waals surface area contributed by atoms with Crippen molar-refractivity contribution in [3.05, 3.63) is 96.0 Å². The molecule has 0 radical (unpaired) electrons. The summed E-state index contributed by atoms with van der Waals surface area (Å²) in [7, 11) is 0. The van der Waals surface area contributed by atoms with Gasteiger partial charge < -0.3 is 4.42 Å². The first-order valence-electron chi connectivity index (χ1n) is 10.3. The van der Waals surface area contributed by atoms with E-state index in [-0.39, 0.29) is 0 Å². The number of nitriles is 1. The molecule has 5 aromatic rings. The third-order valence-electron chi connectivity index (χ3n) is 5.14. The molecule has 0 amide bonds. The number of nitrogens with zero attached hydrogens (tertiary/aromatic N) is 7. The van der Waals surface area contributed by atoms with E-state index in [2.05, 4.69) is 26.3 Å². The summed E-state index contributed by atoms with van der Waals surface area (Å²) in [6, 6.07) is 19.7.